The highest BCUT2D eigenvalue weighted by molar-refractivity contribution is 5.61. The fourth-order valence-corrected chi connectivity index (χ4v) is 3.44. The first-order valence-electron chi connectivity index (χ1n) is 11.0. The molecular weight excluding hydrogens is 360 g/mol. The van der Waals surface area contributed by atoms with E-state index in [0.29, 0.717) is 38.2 Å². The Morgan fingerprint density at radius 3 is 1.93 bits per heavy atom. The highest BCUT2D eigenvalue weighted by Gasteiger charge is 2.28. The molecule has 1 aliphatic rings. The first-order valence-corrected chi connectivity index (χ1v) is 11.0. The second-order valence-corrected chi connectivity index (χ2v) is 8.81. The largest absolute Gasteiger partial charge is 0.509 e. The molecule has 1 fully saturated rings. The molecule has 1 atom stereocenters. The number of unbranched alkanes of at least 4 members (excludes halogenated alkanes) is 2. The van der Waals surface area contributed by atoms with Crippen molar-refractivity contribution in [2.75, 3.05) is 6.61 Å². The molecule has 1 rings (SSSR count). The Bertz CT molecular complexity index is 448. The molecule has 6 heteroatoms. The molecule has 0 aromatic carbocycles. The maximum Gasteiger partial charge on any atom is 0.509 e. The lowest BCUT2D eigenvalue weighted by atomic mass is 9.95. The van der Waals surface area contributed by atoms with E-state index in [1.165, 1.54) is 19.3 Å². The zero-order valence-corrected chi connectivity index (χ0v) is 18.5. The van der Waals surface area contributed by atoms with Crippen molar-refractivity contribution in [3.8, 4) is 0 Å². The molecule has 0 heterocycles. The second-order valence-electron chi connectivity index (χ2n) is 8.81. The van der Waals surface area contributed by atoms with Gasteiger partial charge in [0.05, 0.1) is 6.61 Å². The second kappa shape index (κ2) is 12.9. The van der Waals surface area contributed by atoms with Crippen molar-refractivity contribution in [3.63, 3.8) is 0 Å². The van der Waals surface area contributed by atoms with Gasteiger partial charge in [-0.1, -0.05) is 39.5 Å². The van der Waals surface area contributed by atoms with Crippen LogP contribution in [0.25, 0.3) is 0 Å². The fraction of sp³-hybridized carbons (Fsp3) is 0.909. The summed E-state index contributed by atoms with van der Waals surface area (Å²) in [6, 6.07) is 0. The predicted octanol–water partition coefficient (Wildman–Crippen LogP) is 6.40. The first-order chi connectivity index (χ1) is 13.2. The van der Waals surface area contributed by atoms with Gasteiger partial charge in [-0.15, -0.1) is 0 Å². The van der Waals surface area contributed by atoms with Gasteiger partial charge in [0.25, 0.3) is 0 Å². The molecule has 1 aliphatic carbocycles. The highest BCUT2D eigenvalue weighted by Crippen LogP contribution is 2.25. The van der Waals surface area contributed by atoms with Gasteiger partial charge in [-0.25, -0.2) is 9.59 Å². The Morgan fingerprint density at radius 1 is 0.857 bits per heavy atom. The van der Waals surface area contributed by atoms with Gasteiger partial charge in [-0.2, -0.15) is 0 Å². The summed E-state index contributed by atoms with van der Waals surface area (Å²) in [5.41, 5.74) is -0.562. The molecule has 0 aromatic heterocycles. The van der Waals surface area contributed by atoms with Gasteiger partial charge in [0.2, 0.25) is 0 Å². The van der Waals surface area contributed by atoms with Crippen LogP contribution in [0.2, 0.25) is 0 Å². The van der Waals surface area contributed by atoms with Gasteiger partial charge in [0.15, 0.2) is 0 Å². The van der Waals surface area contributed by atoms with Crippen LogP contribution in [0, 0.1) is 5.92 Å². The SMILES string of the molecule is CCCCCC(CCC)COC(=O)OC1CCC(OC(=O)OC(C)(C)C)CC1. The third-order valence-corrected chi connectivity index (χ3v) is 4.89. The minimum atomic E-state index is -0.638. The molecule has 0 aliphatic heterocycles. The highest BCUT2D eigenvalue weighted by atomic mass is 16.7. The third kappa shape index (κ3) is 11.4. The van der Waals surface area contributed by atoms with Crippen LogP contribution in [0.5, 0.6) is 0 Å². The molecule has 0 amide bonds. The molecule has 0 N–H and O–H groups in total. The van der Waals surface area contributed by atoms with Gasteiger partial charge in [-0.05, 0) is 65.2 Å². The van der Waals surface area contributed by atoms with Crippen LogP contribution in [0.4, 0.5) is 9.59 Å². The molecule has 0 saturated heterocycles. The molecule has 28 heavy (non-hydrogen) atoms. The smallest absolute Gasteiger partial charge is 0.434 e. The summed E-state index contributed by atoms with van der Waals surface area (Å²) >= 11 is 0. The van der Waals surface area contributed by atoms with Crippen molar-refractivity contribution in [1.82, 2.24) is 0 Å². The molecule has 0 aromatic rings. The number of carbonyl (C=O) groups excluding carboxylic acids is 2. The minimum absolute atomic E-state index is 0.171. The van der Waals surface area contributed by atoms with Gasteiger partial charge in [0, 0.05) is 0 Å². The van der Waals surface area contributed by atoms with Crippen molar-refractivity contribution >= 4 is 12.3 Å². The lowest BCUT2D eigenvalue weighted by Crippen LogP contribution is -2.32. The molecule has 1 saturated carbocycles. The summed E-state index contributed by atoms with van der Waals surface area (Å²) in [5.74, 6) is 0.419. The topological polar surface area (TPSA) is 71.1 Å². The Hall–Kier alpha value is -1.46. The van der Waals surface area contributed by atoms with Crippen LogP contribution in [0.1, 0.15) is 98.8 Å². The molecule has 0 spiro atoms. The Morgan fingerprint density at radius 2 is 1.43 bits per heavy atom. The monoisotopic (exact) mass is 400 g/mol. The average Bonchev–Trinajstić information content (AvgIpc) is 2.60. The number of hydrogen-bond acceptors (Lipinski definition) is 6. The van der Waals surface area contributed by atoms with Crippen molar-refractivity contribution in [2.45, 2.75) is 117 Å². The lowest BCUT2D eigenvalue weighted by molar-refractivity contribution is -0.0503. The van der Waals surface area contributed by atoms with Crippen LogP contribution in [0.3, 0.4) is 0 Å². The van der Waals surface area contributed by atoms with E-state index in [-0.39, 0.29) is 12.2 Å². The van der Waals surface area contributed by atoms with Crippen molar-refractivity contribution < 1.29 is 28.5 Å². The van der Waals surface area contributed by atoms with Crippen molar-refractivity contribution in [3.05, 3.63) is 0 Å². The zero-order chi connectivity index (χ0) is 21.0. The van der Waals surface area contributed by atoms with E-state index >= 15 is 0 Å². The molecule has 1 unspecified atom stereocenters. The number of ether oxygens (including phenoxy) is 4. The van der Waals surface area contributed by atoms with Crippen LogP contribution in [0.15, 0.2) is 0 Å². The predicted molar refractivity (Wildman–Crippen MR) is 108 cm³/mol. The summed E-state index contributed by atoms with van der Waals surface area (Å²) in [4.78, 5) is 23.7. The summed E-state index contributed by atoms with van der Waals surface area (Å²) in [6.45, 7) is 10.2. The Kier molecular flexibility index (Phi) is 11.3. The maximum absolute atomic E-state index is 12.0. The maximum atomic E-state index is 12.0. The normalized spacial score (nSPS) is 20.9. The van der Waals surface area contributed by atoms with Crippen LogP contribution < -0.4 is 0 Å². The lowest BCUT2D eigenvalue weighted by Gasteiger charge is -2.28. The summed E-state index contributed by atoms with van der Waals surface area (Å²) in [6.07, 6.45) is 7.95. The van der Waals surface area contributed by atoms with Gasteiger partial charge < -0.3 is 18.9 Å². The van der Waals surface area contributed by atoms with Crippen LogP contribution in [-0.4, -0.2) is 36.7 Å². The summed E-state index contributed by atoms with van der Waals surface area (Å²) in [5, 5.41) is 0. The molecule has 0 radical (unpaired) electrons. The minimum Gasteiger partial charge on any atom is -0.434 e. The van der Waals surface area contributed by atoms with Crippen molar-refractivity contribution in [2.24, 2.45) is 5.92 Å². The Balaban J connectivity index is 2.24. The average molecular weight is 401 g/mol. The molecule has 0 bridgehead atoms. The van der Waals surface area contributed by atoms with Gasteiger partial charge >= 0.3 is 12.3 Å². The van der Waals surface area contributed by atoms with E-state index in [9.17, 15) is 9.59 Å². The Labute approximate surface area is 170 Å². The first kappa shape index (κ1) is 24.6. The number of hydrogen-bond donors (Lipinski definition) is 0. The van der Waals surface area contributed by atoms with Gasteiger partial charge in [-0.3, -0.25) is 0 Å². The molecule has 6 nitrogen and oxygen atoms in total. The summed E-state index contributed by atoms with van der Waals surface area (Å²) in [7, 11) is 0. The molecular formula is C22H40O6. The molecule has 164 valence electrons. The fourth-order valence-electron chi connectivity index (χ4n) is 3.44. The van der Waals surface area contributed by atoms with E-state index < -0.39 is 17.9 Å². The van der Waals surface area contributed by atoms with E-state index in [2.05, 4.69) is 13.8 Å². The van der Waals surface area contributed by atoms with Gasteiger partial charge in [0.1, 0.15) is 17.8 Å². The number of carbonyl (C=O) groups is 2. The van der Waals surface area contributed by atoms with E-state index in [4.69, 9.17) is 18.9 Å². The number of rotatable bonds is 10. The summed E-state index contributed by atoms with van der Waals surface area (Å²) < 4.78 is 21.3. The standard InChI is InChI=1S/C22H40O6/c1-6-8-9-11-17(10-7-2)16-25-20(23)26-18-12-14-19(15-13-18)27-21(24)28-22(3,4)5/h17-19H,6-16H2,1-5H3. The zero-order valence-electron chi connectivity index (χ0n) is 18.5. The van der Waals surface area contributed by atoms with Crippen LogP contribution in [-0.2, 0) is 18.9 Å². The van der Waals surface area contributed by atoms with Crippen molar-refractivity contribution in [1.29, 1.82) is 0 Å². The van der Waals surface area contributed by atoms with E-state index in [1.54, 1.807) is 20.8 Å². The van der Waals surface area contributed by atoms with E-state index in [0.717, 1.165) is 19.3 Å². The quantitative estimate of drug-likeness (QED) is 0.312. The van der Waals surface area contributed by atoms with E-state index in [1.807, 2.05) is 0 Å². The third-order valence-electron chi connectivity index (χ3n) is 4.89. The van der Waals surface area contributed by atoms with Crippen LogP contribution >= 0.6 is 0 Å².